The van der Waals surface area contributed by atoms with E-state index in [4.69, 9.17) is 18.6 Å². The number of methoxy groups -OCH3 is 1. The third kappa shape index (κ3) is 3.04. The third-order valence-electron chi connectivity index (χ3n) is 5.08. The van der Waals surface area contributed by atoms with E-state index in [9.17, 15) is 0 Å². The van der Waals surface area contributed by atoms with Crippen molar-refractivity contribution < 1.29 is 18.6 Å². The molecule has 25 heavy (non-hydrogen) atoms. The summed E-state index contributed by atoms with van der Waals surface area (Å²) in [6.45, 7) is 6.17. The van der Waals surface area contributed by atoms with E-state index in [1.54, 1.807) is 7.11 Å². The average Bonchev–Trinajstić information content (AvgIpc) is 3.25. The summed E-state index contributed by atoms with van der Waals surface area (Å²) in [5.41, 5.74) is 1.15. The zero-order valence-electron chi connectivity index (χ0n) is 14.8. The van der Waals surface area contributed by atoms with Crippen molar-refractivity contribution in [3.8, 4) is 17.2 Å². The van der Waals surface area contributed by atoms with Crippen molar-refractivity contribution in [1.29, 1.82) is 0 Å². The molecule has 0 bridgehead atoms. The highest BCUT2D eigenvalue weighted by Crippen LogP contribution is 2.42. The smallest absolute Gasteiger partial charge is 0.231 e. The van der Waals surface area contributed by atoms with Gasteiger partial charge >= 0.3 is 0 Å². The van der Waals surface area contributed by atoms with Crippen molar-refractivity contribution in [2.75, 3.05) is 20.4 Å². The van der Waals surface area contributed by atoms with Gasteiger partial charge in [-0.2, -0.15) is 0 Å². The van der Waals surface area contributed by atoms with Crippen molar-refractivity contribution in [1.82, 2.24) is 15.1 Å². The van der Waals surface area contributed by atoms with E-state index in [0.29, 0.717) is 17.7 Å². The first-order valence-corrected chi connectivity index (χ1v) is 8.66. The number of hydrogen-bond donors (Lipinski definition) is 0. The van der Waals surface area contributed by atoms with Gasteiger partial charge in [-0.3, -0.25) is 4.90 Å². The molecule has 0 radical (unpaired) electrons. The Balaban J connectivity index is 1.54. The zero-order chi connectivity index (χ0) is 17.4. The Kier molecular flexibility index (Phi) is 4.25. The molecule has 4 rings (SSSR count). The summed E-state index contributed by atoms with van der Waals surface area (Å²) in [5, 5.41) is 8.22. The molecule has 1 aromatic carbocycles. The highest BCUT2D eigenvalue weighted by atomic mass is 16.7. The molecule has 1 aromatic heterocycles. The molecule has 1 saturated heterocycles. The van der Waals surface area contributed by atoms with Gasteiger partial charge in [0, 0.05) is 19.5 Å². The largest absolute Gasteiger partial charge is 0.493 e. The van der Waals surface area contributed by atoms with Crippen LogP contribution in [0.4, 0.5) is 0 Å². The minimum atomic E-state index is 0.244. The number of benzene rings is 1. The first-order valence-electron chi connectivity index (χ1n) is 8.66. The molecule has 3 heterocycles. The fraction of sp³-hybridized carbons (Fsp3) is 0.556. The van der Waals surface area contributed by atoms with Crippen LogP contribution in [-0.4, -0.2) is 41.6 Å². The molecular formula is C18H23N3O4. The Hall–Kier alpha value is -2.28. The van der Waals surface area contributed by atoms with Crippen LogP contribution in [0.1, 0.15) is 43.0 Å². The summed E-state index contributed by atoms with van der Waals surface area (Å²) in [4.78, 5) is 2.45. The van der Waals surface area contributed by atoms with Crippen molar-refractivity contribution in [2.45, 2.75) is 45.2 Å². The molecule has 0 spiro atoms. The Morgan fingerprint density at radius 2 is 2.16 bits per heavy atom. The van der Waals surface area contributed by atoms with Gasteiger partial charge in [0.1, 0.15) is 0 Å². The maximum atomic E-state index is 5.68. The van der Waals surface area contributed by atoms with E-state index < -0.39 is 0 Å². The number of hydrogen-bond acceptors (Lipinski definition) is 7. The SMILES string of the molecule is COc1cc(CN2CCC[C@H](c3nnc(C)o3)[C@@H]2C)cc2c1OCO2. The van der Waals surface area contributed by atoms with Crippen molar-refractivity contribution in [3.63, 3.8) is 0 Å². The molecule has 1 fully saturated rings. The van der Waals surface area contributed by atoms with Crippen LogP contribution in [-0.2, 0) is 6.54 Å². The van der Waals surface area contributed by atoms with Gasteiger partial charge in [0.15, 0.2) is 11.5 Å². The maximum absolute atomic E-state index is 5.68. The van der Waals surface area contributed by atoms with Gasteiger partial charge in [-0.1, -0.05) is 0 Å². The fourth-order valence-electron chi connectivity index (χ4n) is 3.74. The number of rotatable bonds is 4. The number of likely N-dealkylation sites (tertiary alicyclic amines) is 1. The van der Waals surface area contributed by atoms with Gasteiger partial charge in [0.2, 0.25) is 24.3 Å². The second-order valence-electron chi connectivity index (χ2n) is 6.65. The number of aromatic nitrogens is 2. The van der Waals surface area contributed by atoms with Gasteiger partial charge < -0.3 is 18.6 Å². The summed E-state index contributed by atoms with van der Waals surface area (Å²) in [6.07, 6.45) is 2.18. The lowest BCUT2D eigenvalue weighted by molar-refractivity contribution is 0.118. The van der Waals surface area contributed by atoms with Crippen molar-refractivity contribution >= 4 is 0 Å². The number of aryl methyl sites for hydroxylation is 1. The van der Waals surface area contributed by atoms with Gasteiger partial charge in [0.25, 0.3) is 0 Å². The lowest BCUT2D eigenvalue weighted by atomic mass is 9.89. The molecular weight excluding hydrogens is 322 g/mol. The molecule has 0 amide bonds. The quantitative estimate of drug-likeness (QED) is 0.844. The van der Waals surface area contributed by atoms with Crippen molar-refractivity contribution in [2.24, 2.45) is 0 Å². The topological polar surface area (TPSA) is 69.9 Å². The predicted octanol–water partition coefficient (Wildman–Crippen LogP) is 2.88. The maximum Gasteiger partial charge on any atom is 0.231 e. The van der Waals surface area contributed by atoms with Crippen LogP contribution in [0.5, 0.6) is 17.2 Å². The predicted molar refractivity (Wildman–Crippen MR) is 90.0 cm³/mol. The van der Waals surface area contributed by atoms with Gasteiger partial charge in [-0.25, -0.2) is 0 Å². The summed E-state index contributed by atoms with van der Waals surface area (Å²) in [5.74, 6) is 3.81. The minimum Gasteiger partial charge on any atom is -0.493 e. The van der Waals surface area contributed by atoms with Gasteiger partial charge in [-0.15, -0.1) is 10.2 Å². The average molecular weight is 345 g/mol. The van der Waals surface area contributed by atoms with E-state index in [1.807, 2.05) is 19.1 Å². The van der Waals surface area contributed by atoms with E-state index >= 15 is 0 Å². The van der Waals surface area contributed by atoms with Crippen LogP contribution < -0.4 is 14.2 Å². The van der Waals surface area contributed by atoms with Crippen LogP contribution in [0.2, 0.25) is 0 Å². The Labute approximate surface area is 146 Å². The van der Waals surface area contributed by atoms with Crippen LogP contribution in [0, 0.1) is 6.92 Å². The van der Waals surface area contributed by atoms with Crippen molar-refractivity contribution in [3.05, 3.63) is 29.5 Å². The van der Waals surface area contributed by atoms with E-state index in [2.05, 4.69) is 22.0 Å². The number of nitrogens with zero attached hydrogens (tertiary/aromatic N) is 3. The third-order valence-corrected chi connectivity index (χ3v) is 5.08. The summed E-state index contributed by atoms with van der Waals surface area (Å²) in [6, 6.07) is 4.39. The molecule has 2 aliphatic heterocycles. The molecule has 2 atom stereocenters. The number of fused-ring (bicyclic) bond motifs is 1. The summed E-state index contributed by atoms with van der Waals surface area (Å²) in [7, 11) is 1.65. The molecule has 0 saturated carbocycles. The molecule has 0 aliphatic carbocycles. The van der Waals surface area contributed by atoms with Crippen LogP contribution in [0.3, 0.4) is 0 Å². The molecule has 0 N–H and O–H groups in total. The molecule has 7 heteroatoms. The lowest BCUT2D eigenvalue weighted by Crippen LogP contribution is -2.41. The molecule has 7 nitrogen and oxygen atoms in total. The Bertz CT molecular complexity index is 761. The molecule has 0 unspecified atom stereocenters. The standard InChI is InChI=1S/C18H23N3O4/c1-11-14(18-20-19-12(2)25-18)5-4-6-21(11)9-13-7-15(22-3)17-16(8-13)23-10-24-17/h7-8,11,14H,4-6,9-10H2,1-3H3/t11-,14-/m0/s1. The summed E-state index contributed by atoms with van der Waals surface area (Å²) >= 11 is 0. The lowest BCUT2D eigenvalue weighted by Gasteiger charge is -2.38. The van der Waals surface area contributed by atoms with Crippen LogP contribution in [0.25, 0.3) is 0 Å². The normalized spacial score (nSPS) is 23.0. The molecule has 2 aliphatic rings. The Morgan fingerprint density at radius 3 is 2.92 bits per heavy atom. The van der Waals surface area contributed by atoms with E-state index in [-0.39, 0.29) is 12.7 Å². The van der Waals surface area contributed by atoms with E-state index in [0.717, 1.165) is 48.9 Å². The highest BCUT2D eigenvalue weighted by molar-refractivity contribution is 5.55. The summed E-state index contributed by atoms with van der Waals surface area (Å²) < 4.78 is 22.1. The van der Waals surface area contributed by atoms with E-state index in [1.165, 1.54) is 0 Å². The first kappa shape index (κ1) is 16.2. The zero-order valence-corrected chi connectivity index (χ0v) is 14.8. The monoisotopic (exact) mass is 345 g/mol. The molecule has 2 aromatic rings. The number of ether oxygens (including phenoxy) is 3. The van der Waals surface area contributed by atoms with Gasteiger partial charge in [-0.05, 0) is 44.0 Å². The first-order chi connectivity index (χ1) is 12.2. The second kappa shape index (κ2) is 6.55. The molecule has 134 valence electrons. The number of piperidine rings is 1. The van der Waals surface area contributed by atoms with Crippen LogP contribution in [0.15, 0.2) is 16.5 Å². The van der Waals surface area contributed by atoms with Crippen LogP contribution >= 0.6 is 0 Å². The Morgan fingerprint density at radius 1 is 1.28 bits per heavy atom. The minimum absolute atomic E-state index is 0.244. The fourth-order valence-corrected chi connectivity index (χ4v) is 3.74. The van der Waals surface area contributed by atoms with Gasteiger partial charge in [0.05, 0.1) is 13.0 Å². The highest BCUT2D eigenvalue weighted by Gasteiger charge is 2.33. The second-order valence-corrected chi connectivity index (χ2v) is 6.65.